The molecular formula is C13H11BrClNO3S. The molecule has 0 radical (unpaired) electrons. The molecule has 2 N–H and O–H groups in total. The average Bonchev–Trinajstić information content (AvgIpc) is 2.40. The summed E-state index contributed by atoms with van der Waals surface area (Å²) in [5, 5.41) is 9.34. The largest absolute Gasteiger partial charge is 0.392 e. The fourth-order valence-electron chi connectivity index (χ4n) is 1.60. The van der Waals surface area contributed by atoms with E-state index in [-0.39, 0.29) is 11.5 Å². The zero-order valence-corrected chi connectivity index (χ0v) is 13.3. The van der Waals surface area contributed by atoms with Gasteiger partial charge < -0.3 is 5.11 Å². The molecule has 0 atom stereocenters. The monoisotopic (exact) mass is 375 g/mol. The van der Waals surface area contributed by atoms with Crippen molar-refractivity contribution in [3.63, 3.8) is 0 Å². The number of aliphatic hydroxyl groups excluding tert-OH is 1. The molecule has 20 heavy (non-hydrogen) atoms. The van der Waals surface area contributed by atoms with Crippen LogP contribution in [0.5, 0.6) is 0 Å². The SMILES string of the molecule is O=S(=O)(Nc1ccccc1Cl)c1ccc(CO)cc1Br. The van der Waals surface area contributed by atoms with E-state index in [1.807, 2.05) is 0 Å². The van der Waals surface area contributed by atoms with Gasteiger partial charge in [0.15, 0.2) is 0 Å². The Morgan fingerprint density at radius 1 is 1.20 bits per heavy atom. The van der Waals surface area contributed by atoms with Crippen molar-refractivity contribution >= 4 is 43.2 Å². The van der Waals surface area contributed by atoms with Crippen LogP contribution in [0.3, 0.4) is 0 Å². The predicted octanol–water partition coefficient (Wildman–Crippen LogP) is 3.40. The Hall–Kier alpha value is -1.08. The summed E-state index contributed by atoms with van der Waals surface area (Å²) in [7, 11) is -3.75. The smallest absolute Gasteiger partial charge is 0.263 e. The molecule has 2 rings (SSSR count). The Morgan fingerprint density at radius 3 is 2.50 bits per heavy atom. The summed E-state index contributed by atoms with van der Waals surface area (Å²) in [4.78, 5) is 0.0784. The highest BCUT2D eigenvalue weighted by Crippen LogP contribution is 2.28. The van der Waals surface area contributed by atoms with Gasteiger partial charge in [0.1, 0.15) is 4.90 Å². The number of hydrogen-bond donors (Lipinski definition) is 2. The van der Waals surface area contributed by atoms with Crippen LogP contribution in [0.4, 0.5) is 5.69 Å². The number of anilines is 1. The maximum absolute atomic E-state index is 12.3. The molecular weight excluding hydrogens is 366 g/mol. The summed E-state index contributed by atoms with van der Waals surface area (Å²) in [6.07, 6.45) is 0. The maximum atomic E-state index is 12.3. The predicted molar refractivity (Wildman–Crippen MR) is 82.3 cm³/mol. The van der Waals surface area contributed by atoms with Crippen LogP contribution in [0.1, 0.15) is 5.56 Å². The number of aliphatic hydroxyl groups is 1. The van der Waals surface area contributed by atoms with Crippen LogP contribution < -0.4 is 4.72 Å². The lowest BCUT2D eigenvalue weighted by Gasteiger charge is -2.11. The third-order valence-corrected chi connectivity index (χ3v) is 5.26. The quantitative estimate of drug-likeness (QED) is 0.859. The number of hydrogen-bond acceptors (Lipinski definition) is 3. The molecule has 2 aromatic rings. The number of nitrogens with one attached hydrogen (secondary N) is 1. The Bertz CT molecular complexity index is 734. The van der Waals surface area contributed by atoms with Gasteiger partial charge in [0, 0.05) is 4.47 Å². The van der Waals surface area contributed by atoms with E-state index < -0.39 is 10.0 Å². The molecule has 4 nitrogen and oxygen atoms in total. The van der Waals surface area contributed by atoms with Crippen LogP contribution in [-0.4, -0.2) is 13.5 Å². The lowest BCUT2D eigenvalue weighted by Crippen LogP contribution is -2.14. The highest BCUT2D eigenvalue weighted by atomic mass is 79.9. The Kier molecular flexibility index (Phi) is 4.70. The van der Waals surface area contributed by atoms with Crippen LogP contribution in [0, 0.1) is 0 Å². The highest BCUT2D eigenvalue weighted by molar-refractivity contribution is 9.10. The topological polar surface area (TPSA) is 66.4 Å². The number of rotatable bonds is 4. The molecule has 106 valence electrons. The minimum Gasteiger partial charge on any atom is -0.392 e. The average molecular weight is 377 g/mol. The van der Waals surface area contributed by atoms with Gasteiger partial charge in [-0.15, -0.1) is 0 Å². The van der Waals surface area contributed by atoms with Gasteiger partial charge in [0.2, 0.25) is 0 Å². The van der Waals surface area contributed by atoms with E-state index in [2.05, 4.69) is 20.7 Å². The van der Waals surface area contributed by atoms with Crippen LogP contribution in [0.15, 0.2) is 51.8 Å². The first-order chi connectivity index (χ1) is 9.44. The summed E-state index contributed by atoms with van der Waals surface area (Å²) in [5.74, 6) is 0. The van der Waals surface area contributed by atoms with Gasteiger partial charge in [-0.2, -0.15) is 0 Å². The lowest BCUT2D eigenvalue weighted by molar-refractivity contribution is 0.281. The number of para-hydroxylation sites is 1. The van der Waals surface area contributed by atoms with E-state index >= 15 is 0 Å². The molecule has 0 spiro atoms. The van der Waals surface area contributed by atoms with Crippen molar-refractivity contribution < 1.29 is 13.5 Å². The van der Waals surface area contributed by atoms with E-state index in [0.717, 1.165) is 0 Å². The third-order valence-electron chi connectivity index (χ3n) is 2.59. The van der Waals surface area contributed by atoms with E-state index in [1.165, 1.54) is 6.07 Å². The van der Waals surface area contributed by atoms with Crippen molar-refractivity contribution in [2.75, 3.05) is 4.72 Å². The maximum Gasteiger partial charge on any atom is 0.263 e. The Morgan fingerprint density at radius 2 is 1.90 bits per heavy atom. The summed E-state index contributed by atoms with van der Waals surface area (Å²) < 4.78 is 27.4. The van der Waals surface area contributed by atoms with Gasteiger partial charge in [0.25, 0.3) is 10.0 Å². The van der Waals surface area contributed by atoms with Crippen LogP contribution >= 0.6 is 27.5 Å². The second kappa shape index (κ2) is 6.13. The fraction of sp³-hybridized carbons (Fsp3) is 0.0769. The summed E-state index contributed by atoms with van der Waals surface area (Å²) >= 11 is 9.13. The Balaban J connectivity index is 2.39. The fourth-order valence-corrected chi connectivity index (χ4v) is 4.05. The molecule has 0 saturated heterocycles. The molecule has 7 heteroatoms. The van der Waals surface area contributed by atoms with E-state index in [0.29, 0.717) is 20.7 Å². The zero-order chi connectivity index (χ0) is 14.8. The molecule has 0 unspecified atom stereocenters. The molecule has 0 fully saturated rings. The van der Waals surface area contributed by atoms with E-state index in [4.69, 9.17) is 16.7 Å². The normalized spacial score (nSPS) is 11.3. The number of halogens is 2. The molecule has 0 bridgehead atoms. The first-order valence-electron chi connectivity index (χ1n) is 5.60. The molecule has 0 amide bonds. The molecule has 0 aliphatic carbocycles. The number of benzene rings is 2. The van der Waals surface area contributed by atoms with Crippen molar-refractivity contribution in [1.29, 1.82) is 0 Å². The molecule has 0 saturated carbocycles. The van der Waals surface area contributed by atoms with Gasteiger partial charge in [0.05, 0.1) is 17.3 Å². The van der Waals surface area contributed by atoms with Gasteiger partial charge in [-0.1, -0.05) is 29.8 Å². The van der Waals surface area contributed by atoms with Gasteiger partial charge >= 0.3 is 0 Å². The van der Waals surface area contributed by atoms with Gasteiger partial charge in [-0.25, -0.2) is 8.42 Å². The van der Waals surface area contributed by atoms with Crippen molar-refractivity contribution in [2.24, 2.45) is 0 Å². The van der Waals surface area contributed by atoms with Crippen molar-refractivity contribution in [2.45, 2.75) is 11.5 Å². The summed E-state index contributed by atoms with van der Waals surface area (Å²) in [6, 6.07) is 11.1. The van der Waals surface area contributed by atoms with E-state index in [9.17, 15) is 8.42 Å². The van der Waals surface area contributed by atoms with Gasteiger partial charge in [-0.3, -0.25) is 4.72 Å². The molecule has 0 aliphatic heterocycles. The molecule has 0 aliphatic rings. The Labute approximate surface area is 130 Å². The van der Waals surface area contributed by atoms with Gasteiger partial charge in [-0.05, 0) is 45.8 Å². The van der Waals surface area contributed by atoms with Crippen molar-refractivity contribution in [3.05, 3.63) is 57.5 Å². The molecule has 0 aromatic heterocycles. The van der Waals surface area contributed by atoms with E-state index in [1.54, 1.807) is 36.4 Å². The van der Waals surface area contributed by atoms with Crippen LogP contribution in [0.2, 0.25) is 5.02 Å². The molecule has 2 aromatic carbocycles. The molecule has 0 heterocycles. The zero-order valence-electron chi connectivity index (χ0n) is 10.2. The number of sulfonamides is 1. The highest BCUT2D eigenvalue weighted by Gasteiger charge is 2.19. The first kappa shape index (κ1) is 15.3. The lowest BCUT2D eigenvalue weighted by atomic mass is 10.2. The standard InChI is InChI=1S/C13H11BrClNO3S/c14-10-7-9(8-17)5-6-13(10)20(18,19)16-12-4-2-1-3-11(12)15/h1-7,16-17H,8H2. The minimum atomic E-state index is -3.75. The van der Waals surface area contributed by atoms with Crippen molar-refractivity contribution in [1.82, 2.24) is 0 Å². The first-order valence-corrected chi connectivity index (χ1v) is 8.26. The third kappa shape index (κ3) is 3.32. The second-order valence-corrected chi connectivity index (χ2v) is 6.92. The van der Waals surface area contributed by atoms with Crippen molar-refractivity contribution in [3.8, 4) is 0 Å². The second-order valence-electron chi connectivity index (χ2n) is 4.01. The summed E-state index contributed by atoms with van der Waals surface area (Å²) in [5.41, 5.74) is 0.931. The van der Waals surface area contributed by atoms with Crippen LogP contribution in [0.25, 0.3) is 0 Å². The minimum absolute atomic E-state index is 0.0784. The van der Waals surface area contributed by atoms with Crippen LogP contribution in [-0.2, 0) is 16.6 Å². The summed E-state index contributed by atoms with van der Waals surface area (Å²) in [6.45, 7) is -0.156.